The Labute approximate surface area is 154 Å². The highest BCUT2D eigenvalue weighted by molar-refractivity contribution is 5.94. The minimum absolute atomic E-state index is 0.0619. The molecule has 0 fully saturated rings. The van der Waals surface area contributed by atoms with E-state index in [2.05, 4.69) is 40.6 Å². The molecule has 0 atom stereocenters. The molecule has 1 aliphatic heterocycles. The van der Waals surface area contributed by atoms with E-state index < -0.39 is 0 Å². The number of anilines is 1. The predicted octanol–water partition coefficient (Wildman–Crippen LogP) is 3.43. The number of carbonyl (C=O) groups is 1. The zero-order valence-corrected chi connectivity index (χ0v) is 15.2. The van der Waals surface area contributed by atoms with Crippen LogP contribution in [0.5, 0.6) is 11.5 Å². The summed E-state index contributed by atoms with van der Waals surface area (Å²) in [4.78, 5) is 14.6. The Balaban J connectivity index is 1.59. The van der Waals surface area contributed by atoms with Gasteiger partial charge in [0, 0.05) is 19.2 Å². The van der Waals surface area contributed by atoms with Crippen LogP contribution in [0.15, 0.2) is 54.6 Å². The summed E-state index contributed by atoms with van der Waals surface area (Å²) in [5.41, 5.74) is 3.23. The highest BCUT2D eigenvalue weighted by Gasteiger charge is 2.17. The van der Waals surface area contributed by atoms with Crippen LogP contribution < -0.4 is 14.8 Å². The summed E-state index contributed by atoms with van der Waals surface area (Å²) in [7, 11) is 3.18. The number of amides is 1. The standard InChI is InChI=1S/C21H24N2O3/c1-25-18-8-9-20(26-2)19(14-18)22-21(24)15-23-12-10-17(11-13-23)16-6-4-3-5-7-16/h3-10,14H,11-13,15H2,1-2H3,(H,22,24). The average Bonchev–Trinajstić information content (AvgIpc) is 2.69. The molecule has 1 N–H and O–H groups in total. The minimum atomic E-state index is -0.0619. The smallest absolute Gasteiger partial charge is 0.238 e. The number of nitrogens with zero attached hydrogens (tertiary/aromatic N) is 1. The summed E-state index contributed by atoms with van der Waals surface area (Å²) in [6.45, 7) is 1.98. The first-order valence-electron chi connectivity index (χ1n) is 8.68. The molecule has 1 amide bonds. The summed E-state index contributed by atoms with van der Waals surface area (Å²) in [5, 5.41) is 2.92. The Hall–Kier alpha value is -2.79. The van der Waals surface area contributed by atoms with E-state index in [1.165, 1.54) is 11.1 Å². The van der Waals surface area contributed by atoms with Gasteiger partial charge < -0.3 is 14.8 Å². The molecule has 2 aromatic rings. The fraction of sp³-hybridized carbons (Fsp3) is 0.286. The molecule has 0 unspecified atom stereocenters. The van der Waals surface area contributed by atoms with Gasteiger partial charge in [-0.1, -0.05) is 36.4 Å². The van der Waals surface area contributed by atoms with Crippen molar-refractivity contribution in [3.05, 3.63) is 60.2 Å². The molecule has 0 saturated carbocycles. The van der Waals surface area contributed by atoms with Gasteiger partial charge in [-0.05, 0) is 29.7 Å². The number of benzene rings is 2. The lowest BCUT2D eigenvalue weighted by atomic mass is 10.00. The summed E-state index contributed by atoms with van der Waals surface area (Å²) >= 11 is 0. The number of hydrogen-bond donors (Lipinski definition) is 1. The second kappa shape index (κ2) is 8.54. The largest absolute Gasteiger partial charge is 0.497 e. The number of hydrogen-bond acceptors (Lipinski definition) is 4. The molecular formula is C21H24N2O3. The van der Waals surface area contributed by atoms with Crippen LogP contribution in [0.3, 0.4) is 0 Å². The van der Waals surface area contributed by atoms with Crippen LogP contribution >= 0.6 is 0 Å². The van der Waals surface area contributed by atoms with Crippen LogP contribution in [0, 0.1) is 0 Å². The van der Waals surface area contributed by atoms with Crippen molar-refractivity contribution in [1.82, 2.24) is 4.90 Å². The van der Waals surface area contributed by atoms with E-state index in [0.29, 0.717) is 23.7 Å². The van der Waals surface area contributed by atoms with Gasteiger partial charge in [0.15, 0.2) is 0 Å². The van der Waals surface area contributed by atoms with Crippen molar-refractivity contribution < 1.29 is 14.3 Å². The van der Waals surface area contributed by atoms with Crippen molar-refractivity contribution in [2.45, 2.75) is 6.42 Å². The fourth-order valence-corrected chi connectivity index (χ4v) is 3.07. The molecule has 26 heavy (non-hydrogen) atoms. The molecule has 2 aromatic carbocycles. The molecule has 136 valence electrons. The van der Waals surface area contributed by atoms with Gasteiger partial charge in [0.2, 0.25) is 5.91 Å². The van der Waals surface area contributed by atoms with Crippen molar-refractivity contribution in [1.29, 1.82) is 0 Å². The molecule has 0 bridgehead atoms. The van der Waals surface area contributed by atoms with Gasteiger partial charge in [0.25, 0.3) is 0 Å². The second-order valence-electron chi connectivity index (χ2n) is 6.19. The molecular weight excluding hydrogens is 328 g/mol. The monoisotopic (exact) mass is 352 g/mol. The van der Waals surface area contributed by atoms with Crippen molar-refractivity contribution in [2.75, 3.05) is 39.2 Å². The van der Waals surface area contributed by atoms with Crippen molar-refractivity contribution >= 4 is 17.2 Å². The maximum absolute atomic E-state index is 12.4. The third kappa shape index (κ3) is 4.43. The maximum Gasteiger partial charge on any atom is 0.238 e. The molecule has 0 spiro atoms. The Kier molecular flexibility index (Phi) is 5.92. The zero-order chi connectivity index (χ0) is 18.4. The fourth-order valence-electron chi connectivity index (χ4n) is 3.07. The molecule has 1 heterocycles. The lowest BCUT2D eigenvalue weighted by molar-refractivity contribution is -0.117. The molecule has 1 aliphatic rings. The number of carbonyl (C=O) groups excluding carboxylic acids is 1. The van der Waals surface area contributed by atoms with Crippen LogP contribution in [-0.2, 0) is 4.79 Å². The molecule has 5 heteroatoms. The minimum Gasteiger partial charge on any atom is -0.497 e. The van der Waals surface area contributed by atoms with Crippen LogP contribution in [0.1, 0.15) is 12.0 Å². The average molecular weight is 352 g/mol. The molecule has 3 rings (SSSR count). The number of rotatable bonds is 6. The summed E-state index contributed by atoms with van der Waals surface area (Å²) in [6.07, 6.45) is 3.15. The third-order valence-electron chi connectivity index (χ3n) is 4.49. The van der Waals surface area contributed by atoms with Gasteiger partial charge in [-0.2, -0.15) is 0 Å². The van der Waals surface area contributed by atoms with E-state index in [0.717, 1.165) is 19.5 Å². The summed E-state index contributed by atoms with van der Waals surface area (Å²) in [5.74, 6) is 1.23. The van der Waals surface area contributed by atoms with Crippen molar-refractivity contribution in [3.8, 4) is 11.5 Å². The van der Waals surface area contributed by atoms with E-state index in [1.807, 2.05) is 6.07 Å². The summed E-state index contributed by atoms with van der Waals surface area (Å²) in [6, 6.07) is 15.7. The Bertz CT molecular complexity index is 787. The zero-order valence-electron chi connectivity index (χ0n) is 15.2. The van der Waals surface area contributed by atoms with Crippen LogP contribution in [0.25, 0.3) is 5.57 Å². The Morgan fingerprint density at radius 1 is 1.12 bits per heavy atom. The molecule has 0 aliphatic carbocycles. The Morgan fingerprint density at radius 2 is 1.92 bits per heavy atom. The van der Waals surface area contributed by atoms with Crippen LogP contribution in [0.2, 0.25) is 0 Å². The lowest BCUT2D eigenvalue weighted by Crippen LogP contribution is -2.36. The second-order valence-corrected chi connectivity index (χ2v) is 6.19. The van der Waals surface area contributed by atoms with Crippen LogP contribution in [-0.4, -0.2) is 44.7 Å². The van der Waals surface area contributed by atoms with Crippen LogP contribution in [0.4, 0.5) is 5.69 Å². The van der Waals surface area contributed by atoms with E-state index >= 15 is 0 Å². The topological polar surface area (TPSA) is 50.8 Å². The van der Waals surface area contributed by atoms with Gasteiger partial charge in [-0.25, -0.2) is 0 Å². The predicted molar refractivity (Wildman–Crippen MR) is 104 cm³/mol. The van der Waals surface area contributed by atoms with Gasteiger partial charge in [-0.3, -0.25) is 9.69 Å². The highest BCUT2D eigenvalue weighted by atomic mass is 16.5. The molecule has 0 aromatic heterocycles. The third-order valence-corrected chi connectivity index (χ3v) is 4.49. The highest BCUT2D eigenvalue weighted by Crippen LogP contribution is 2.29. The van der Waals surface area contributed by atoms with E-state index in [4.69, 9.17) is 9.47 Å². The lowest BCUT2D eigenvalue weighted by Gasteiger charge is -2.26. The van der Waals surface area contributed by atoms with Gasteiger partial charge in [-0.15, -0.1) is 0 Å². The molecule has 0 radical (unpaired) electrons. The van der Waals surface area contributed by atoms with E-state index in [9.17, 15) is 4.79 Å². The maximum atomic E-state index is 12.4. The number of methoxy groups -OCH3 is 2. The first-order valence-corrected chi connectivity index (χ1v) is 8.68. The first-order chi connectivity index (χ1) is 12.7. The summed E-state index contributed by atoms with van der Waals surface area (Å²) < 4.78 is 10.5. The quantitative estimate of drug-likeness (QED) is 0.865. The van der Waals surface area contributed by atoms with Gasteiger partial charge in [0.05, 0.1) is 26.5 Å². The number of nitrogens with one attached hydrogen (secondary N) is 1. The first kappa shape index (κ1) is 18.0. The van der Waals surface area contributed by atoms with E-state index in [1.54, 1.807) is 32.4 Å². The van der Waals surface area contributed by atoms with Gasteiger partial charge >= 0.3 is 0 Å². The Morgan fingerprint density at radius 3 is 2.58 bits per heavy atom. The SMILES string of the molecule is COc1ccc(OC)c(NC(=O)CN2CC=C(c3ccccc3)CC2)c1. The molecule has 5 nitrogen and oxygen atoms in total. The van der Waals surface area contributed by atoms with E-state index in [-0.39, 0.29) is 5.91 Å². The van der Waals surface area contributed by atoms with Gasteiger partial charge in [0.1, 0.15) is 11.5 Å². The normalized spacial score (nSPS) is 14.5. The molecule has 0 saturated heterocycles. The van der Waals surface area contributed by atoms with Crippen molar-refractivity contribution in [2.24, 2.45) is 0 Å². The van der Waals surface area contributed by atoms with Crippen molar-refractivity contribution in [3.63, 3.8) is 0 Å². The number of ether oxygens (including phenoxy) is 2.